The number of ether oxygens (including phenoxy) is 5. The molecule has 43 heavy (non-hydrogen) atoms. The Bertz CT molecular complexity index is 1710. The summed E-state index contributed by atoms with van der Waals surface area (Å²) >= 11 is 0. The molecule has 2 heterocycles. The lowest BCUT2D eigenvalue weighted by molar-refractivity contribution is 0.0129. The second-order valence-corrected chi connectivity index (χ2v) is 10.3. The van der Waals surface area contributed by atoms with Gasteiger partial charge in [0.2, 0.25) is 0 Å². The number of phenolic OH excluding ortho intramolecular Hbond substituents is 3. The van der Waals surface area contributed by atoms with E-state index in [4.69, 9.17) is 23.7 Å². The molecule has 4 atom stereocenters. The number of rotatable bonds is 6. The van der Waals surface area contributed by atoms with Gasteiger partial charge in [0.1, 0.15) is 69.3 Å². The van der Waals surface area contributed by atoms with Crippen molar-refractivity contribution in [2.45, 2.75) is 12.2 Å². The Labute approximate surface area is 246 Å². The average molecular weight is 585 g/mol. The molecule has 6 rings (SSSR count). The molecule has 10 nitrogen and oxygen atoms in total. The number of phenols is 3. The van der Waals surface area contributed by atoms with Gasteiger partial charge in [0, 0.05) is 24.3 Å². The maximum absolute atomic E-state index is 14.5. The van der Waals surface area contributed by atoms with E-state index in [2.05, 4.69) is 0 Å². The van der Waals surface area contributed by atoms with E-state index in [0.29, 0.717) is 16.9 Å². The first-order valence-electron chi connectivity index (χ1n) is 13.4. The van der Waals surface area contributed by atoms with Crippen molar-refractivity contribution >= 4 is 11.6 Å². The molecule has 0 fully saturated rings. The molecule has 0 amide bonds. The lowest BCUT2D eigenvalue weighted by Crippen LogP contribution is -2.45. The first-order valence-corrected chi connectivity index (χ1v) is 13.4. The summed E-state index contributed by atoms with van der Waals surface area (Å²) in [5, 5.41) is 31.8. The largest absolute Gasteiger partial charge is 0.508 e. The second-order valence-electron chi connectivity index (χ2n) is 10.3. The normalized spacial score (nSPS) is 20.7. The molecule has 0 aromatic heterocycles. The van der Waals surface area contributed by atoms with E-state index >= 15 is 0 Å². The number of ketones is 2. The van der Waals surface area contributed by atoms with Crippen molar-refractivity contribution in [2.24, 2.45) is 11.8 Å². The quantitative estimate of drug-likeness (QED) is 0.270. The zero-order valence-corrected chi connectivity index (χ0v) is 23.4. The molecule has 0 radical (unpaired) electrons. The van der Waals surface area contributed by atoms with Crippen LogP contribution in [-0.2, 0) is 0 Å². The smallest absolute Gasteiger partial charge is 0.178 e. The van der Waals surface area contributed by atoms with Crippen molar-refractivity contribution in [2.75, 3.05) is 21.3 Å². The van der Waals surface area contributed by atoms with Gasteiger partial charge in [0.15, 0.2) is 11.6 Å². The Kier molecular flexibility index (Phi) is 6.97. The number of benzene rings is 4. The third-order valence-electron chi connectivity index (χ3n) is 7.89. The maximum Gasteiger partial charge on any atom is 0.178 e. The van der Waals surface area contributed by atoms with E-state index in [1.807, 2.05) is 0 Å². The van der Waals surface area contributed by atoms with Crippen LogP contribution in [0.15, 0.2) is 72.8 Å². The average Bonchev–Trinajstić information content (AvgIpc) is 3.01. The lowest BCUT2D eigenvalue weighted by atomic mass is 9.69. The third-order valence-corrected chi connectivity index (χ3v) is 7.89. The highest BCUT2D eigenvalue weighted by Gasteiger charge is 2.53. The minimum Gasteiger partial charge on any atom is -0.508 e. The van der Waals surface area contributed by atoms with E-state index in [1.165, 1.54) is 57.7 Å². The summed E-state index contributed by atoms with van der Waals surface area (Å²) in [6.07, 6.45) is -2.07. The van der Waals surface area contributed by atoms with E-state index in [-0.39, 0.29) is 51.4 Å². The topological polar surface area (TPSA) is 141 Å². The van der Waals surface area contributed by atoms with E-state index < -0.39 is 35.6 Å². The predicted octanol–water partition coefficient (Wildman–Crippen LogP) is 5.39. The van der Waals surface area contributed by atoms with Gasteiger partial charge in [0.05, 0.1) is 33.2 Å². The summed E-state index contributed by atoms with van der Waals surface area (Å²) in [6, 6.07) is 18.6. The maximum atomic E-state index is 14.5. The van der Waals surface area contributed by atoms with Crippen molar-refractivity contribution in [3.8, 4) is 46.0 Å². The van der Waals surface area contributed by atoms with Crippen LogP contribution < -0.4 is 23.7 Å². The first kappa shape index (κ1) is 27.8. The molecular formula is C33H28O10. The Morgan fingerprint density at radius 2 is 0.953 bits per heavy atom. The summed E-state index contributed by atoms with van der Waals surface area (Å²) in [5.74, 6) is -2.99. The Hall–Kier alpha value is -5.38. The van der Waals surface area contributed by atoms with Gasteiger partial charge in [-0.15, -0.1) is 0 Å². The van der Waals surface area contributed by atoms with Crippen LogP contribution in [0.25, 0.3) is 0 Å². The summed E-state index contributed by atoms with van der Waals surface area (Å²) in [4.78, 5) is 28.9. The summed E-state index contributed by atoms with van der Waals surface area (Å²) in [5.41, 5.74) is 0.855. The highest BCUT2D eigenvalue weighted by Crippen LogP contribution is 2.53. The monoisotopic (exact) mass is 584 g/mol. The van der Waals surface area contributed by atoms with Crippen molar-refractivity contribution < 1.29 is 48.6 Å². The Balaban J connectivity index is 1.57. The zero-order chi connectivity index (χ0) is 30.4. The Morgan fingerprint density at radius 3 is 1.35 bits per heavy atom. The van der Waals surface area contributed by atoms with Crippen molar-refractivity contribution in [1.82, 2.24) is 0 Å². The minimum absolute atomic E-state index is 0.00290. The lowest BCUT2D eigenvalue weighted by Gasteiger charge is -2.42. The van der Waals surface area contributed by atoms with Crippen molar-refractivity contribution in [1.29, 1.82) is 0 Å². The molecule has 0 saturated heterocycles. The van der Waals surface area contributed by atoms with Crippen molar-refractivity contribution in [3.63, 3.8) is 0 Å². The van der Waals surface area contributed by atoms with Gasteiger partial charge in [0.25, 0.3) is 0 Å². The van der Waals surface area contributed by atoms with E-state index in [0.717, 1.165) is 0 Å². The van der Waals surface area contributed by atoms with Crippen LogP contribution in [-0.4, -0.2) is 48.2 Å². The molecule has 3 N–H and O–H groups in total. The molecule has 0 bridgehead atoms. The molecule has 4 aromatic rings. The van der Waals surface area contributed by atoms with Crippen LogP contribution in [0.3, 0.4) is 0 Å². The molecular weight excluding hydrogens is 556 g/mol. The summed E-state index contributed by atoms with van der Waals surface area (Å²) < 4.78 is 28.7. The number of Topliss-reactive ketones (excluding diaryl/α,β-unsaturated/α-hetero) is 2. The molecule has 2 aliphatic heterocycles. The molecule has 0 spiro atoms. The van der Waals surface area contributed by atoms with Gasteiger partial charge < -0.3 is 39.0 Å². The third kappa shape index (κ3) is 4.70. The number of aromatic hydroxyl groups is 3. The van der Waals surface area contributed by atoms with Crippen LogP contribution in [0, 0.1) is 11.8 Å². The molecule has 0 saturated carbocycles. The fourth-order valence-corrected chi connectivity index (χ4v) is 5.81. The van der Waals surface area contributed by atoms with Gasteiger partial charge in [-0.25, -0.2) is 0 Å². The van der Waals surface area contributed by atoms with Crippen LogP contribution >= 0.6 is 0 Å². The van der Waals surface area contributed by atoms with Gasteiger partial charge in [-0.05, 0) is 35.4 Å². The van der Waals surface area contributed by atoms with Crippen LogP contribution in [0.1, 0.15) is 44.1 Å². The summed E-state index contributed by atoms with van der Waals surface area (Å²) in [7, 11) is 4.38. The van der Waals surface area contributed by atoms with Crippen molar-refractivity contribution in [3.05, 3.63) is 95.1 Å². The summed E-state index contributed by atoms with van der Waals surface area (Å²) in [6.45, 7) is 0. The first-order chi connectivity index (χ1) is 20.7. The zero-order valence-electron chi connectivity index (χ0n) is 23.4. The van der Waals surface area contributed by atoms with Crippen LogP contribution in [0.5, 0.6) is 46.0 Å². The van der Waals surface area contributed by atoms with Gasteiger partial charge >= 0.3 is 0 Å². The molecule has 220 valence electrons. The van der Waals surface area contributed by atoms with Gasteiger partial charge in [-0.1, -0.05) is 24.3 Å². The molecule has 10 heteroatoms. The van der Waals surface area contributed by atoms with Gasteiger partial charge in [-0.3, -0.25) is 9.59 Å². The molecule has 4 unspecified atom stereocenters. The van der Waals surface area contributed by atoms with Gasteiger partial charge in [-0.2, -0.15) is 0 Å². The highest BCUT2D eigenvalue weighted by molar-refractivity contribution is 6.11. The number of carbonyl (C=O) groups is 2. The second kappa shape index (κ2) is 10.8. The standard InChI is InChI=1S/C33H28O10/c1-39-19-10-6-17(7-11-19)33-29(31(38)27-23(36)13-21(41-3)15-25(27)43-33)28-30(37)26-22(35)12-20(40-2)14-24(26)42-32(28)16-4-8-18(34)9-5-16/h4-15,28-29,32-36H,1-3H3. The van der Waals surface area contributed by atoms with E-state index in [1.54, 1.807) is 36.4 Å². The highest BCUT2D eigenvalue weighted by atomic mass is 16.5. The van der Waals surface area contributed by atoms with Crippen LogP contribution in [0.4, 0.5) is 0 Å². The minimum atomic E-state index is -1.23. The number of hydrogen-bond acceptors (Lipinski definition) is 10. The fourth-order valence-electron chi connectivity index (χ4n) is 5.81. The van der Waals surface area contributed by atoms with E-state index in [9.17, 15) is 24.9 Å². The molecule has 0 aliphatic carbocycles. The number of methoxy groups -OCH3 is 3. The number of carbonyl (C=O) groups excluding carboxylic acids is 2. The predicted molar refractivity (Wildman–Crippen MR) is 153 cm³/mol. The number of hydrogen-bond donors (Lipinski definition) is 3. The Morgan fingerprint density at radius 1 is 0.558 bits per heavy atom. The van der Waals surface area contributed by atoms with Crippen LogP contribution in [0.2, 0.25) is 0 Å². The molecule has 2 aliphatic rings. The molecule has 4 aromatic carbocycles. The SMILES string of the molecule is COc1ccc(C2Oc3cc(OC)cc(O)c3C(=O)C2C2C(=O)c3c(O)cc(OC)cc3OC2c2ccc(O)cc2)cc1. The fraction of sp³-hybridized carbons (Fsp3) is 0.212. The number of fused-ring (bicyclic) bond motifs is 2.